The number of amides is 3. The third kappa shape index (κ3) is 7.88. The molecule has 10 nitrogen and oxygen atoms in total. The Labute approximate surface area is 269 Å². The molecule has 0 saturated carbocycles. The van der Waals surface area contributed by atoms with E-state index in [-0.39, 0.29) is 34.1 Å². The molecule has 47 heavy (non-hydrogen) atoms. The van der Waals surface area contributed by atoms with Crippen LogP contribution in [0, 0.1) is 0 Å². The van der Waals surface area contributed by atoms with Gasteiger partial charge in [-0.05, 0) is 47.4 Å². The van der Waals surface area contributed by atoms with Gasteiger partial charge in [-0.1, -0.05) is 55.9 Å². The second-order valence-corrected chi connectivity index (χ2v) is 11.4. The zero-order valence-corrected chi connectivity index (χ0v) is 25.9. The van der Waals surface area contributed by atoms with E-state index in [4.69, 9.17) is 4.74 Å². The average Bonchev–Trinajstić information content (AvgIpc) is 3.67. The number of halogens is 5. The number of ether oxygens (including phenoxy) is 2. The predicted octanol–water partition coefficient (Wildman–Crippen LogP) is 7.12. The van der Waals surface area contributed by atoms with Gasteiger partial charge in [0.15, 0.2) is 17.2 Å². The van der Waals surface area contributed by atoms with Crippen LogP contribution in [0.5, 0.6) is 11.5 Å². The molecule has 5 rings (SSSR count). The summed E-state index contributed by atoms with van der Waals surface area (Å²) >= 11 is 0.998. The molecule has 1 aliphatic rings. The molecule has 3 amide bonds. The molecule has 0 aliphatic carbocycles. The number of nitrogens with zero attached hydrogens (tertiary/aromatic N) is 5. The van der Waals surface area contributed by atoms with Crippen LogP contribution in [0.3, 0.4) is 0 Å². The second-order valence-electron chi connectivity index (χ2n) is 10.4. The Hall–Kier alpha value is -4.99. The van der Waals surface area contributed by atoms with E-state index < -0.39 is 30.6 Å². The Morgan fingerprint density at radius 2 is 1.70 bits per heavy atom. The average molecular weight is 675 g/mol. The number of carbonyl (C=O) groups excluding carboxylic acids is 2. The number of thioether (sulfide) groups is 1. The largest absolute Gasteiger partial charge is 0.573 e. The third-order valence-electron chi connectivity index (χ3n) is 6.90. The van der Waals surface area contributed by atoms with Gasteiger partial charge in [-0.25, -0.2) is 23.2 Å². The summed E-state index contributed by atoms with van der Waals surface area (Å²) in [6.07, 6.45) is -8.19. The first kappa shape index (κ1) is 33.4. The van der Waals surface area contributed by atoms with Crippen molar-refractivity contribution in [2.24, 2.45) is 4.99 Å². The molecule has 1 aromatic heterocycles. The van der Waals surface area contributed by atoms with Gasteiger partial charge >= 0.3 is 12.4 Å². The number of hydrogen-bond donors (Lipinski definition) is 1. The molecule has 0 bridgehead atoms. The fraction of sp³-hybridized carbons (Fsp3) is 0.258. The first-order chi connectivity index (χ1) is 22.3. The van der Waals surface area contributed by atoms with Crippen LogP contribution in [0.4, 0.5) is 32.4 Å². The number of nitrogens with one attached hydrogen (secondary N) is 1. The van der Waals surface area contributed by atoms with E-state index in [0.29, 0.717) is 22.7 Å². The van der Waals surface area contributed by atoms with Gasteiger partial charge in [0, 0.05) is 11.6 Å². The number of alkyl halides is 5. The Morgan fingerprint density at radius 3 is 2.34 bits per heavy atom. The summed E-state index contributed by atoms with van der Waals surface area (Å²) < 4.78 is 77.7. The summed E-state index contributed by atoms with van der Waals surface area (Å²) in [7, 11) is 1.48. The van der Waals surface area contributed by atoms with Gasteiger partial charge in [0.1, 0.15) is 17.8 Å². The van der Waals surface area contributed by atoms with Crippen molar-refractivity contribution in [1.29, 1.82) is 0 Å². The van der Waals surface area contributed by atoms with Crippen LogP contribution in [0.15, 0.2) is 78.0 Å². The minimum atomic E-state index is -4.82. The minimum Gasteiger partial charge on any atom is -0.497 e. The van der Waals surface area contributed by atoms with Gasteiger partial charge < -0.3 is 14.8 Å². The van der Waals surface area contributed by atoms with Crippen LogP contribution in [-0.4, -0.2) is 57.4 Å². The smallest absolute Gasteiger partial charge is 0.497 e. The fourth-order valence-corrected chi connectivity index (χ4v) is 5.49. The first-order valence-electron chi connectivity index (χ1n) is 14.0. The van der Waals surface area contributed by atoms with Crippen LogP contribution in [0.2, 0.25) is 0 Å². The van der Waals surface area contributed by atoms with Crippen LogP contribution < -0.4 is 19.7 Å². The summed E-state index contributed by atoms with van der Waals surface area (Å²) in [4.78, 5) is 34.7. The molecule has 16 heteroatoms. The highest BCUT2D eigenvalue weighted by atomic mass is 32.2. The lowest BCUT2D eigenvalue weighted by molar-refractivity contribution is -0.274. The molecule has 0 spiro atoms. The summed E-state index contributed by atoms with van der Waals surface area (Å²) in [5.41, 5.74) is 2.06. The molecule has 3 aromatic carbocycles. The monoisotopic (exact) mass is 674 g/mol. The molecule has 2 atom stereocenters. The number of hydrogen-bond acceptors (Lipinski definition) is 7. The van der Waals surface area contributed by atoms with E-state index in [1.807, 2.05) is 25.2 Å². The minimum absolute atomic E-state index is 0.00823. The summed E-state index contributed by atoms with van der Waals surface area (Å²) in [6.45, 7) is 3.88. The second kappa shape index (κ2) is 13.8. The van der Waals surface area contributed by atoms with Gasteiger partial charge in [0.05, 0.1) is 24.2 Å². The maximum absolute atomic E-state index is 15.1. The van der Waals surface area contributed by atoms with Gasteiger partial charge in [0.2, 0.25) is 12.2 Å². The molecule has 1 fully saturated rings. The Kier molecular flexibility index (Phi) is 9.79. The molecular weight excluding hydrogens is 647 g/mol. The number of aromatic nitrogens is 3. The van der Waals surface area contributed by atoms with Crippen molar-refractivity contribution >= 4 is 34.6 Å². The number of urea groups is 1. The first-order valence-corrected chi connectivity index (χ1v) is 15.0. The van der Waals surface area contributed by atoms with Crippen molar-refractivity contribution in [1.82, 2.24) is 20.1 Å². The summed E-state index contributed by atoms with van der Waals surface area (Å²) in [5.74, 6) is 0.0141. The van der Waals surface area contributed by atoms with Crippen molar-refractivity contribution in [2.75, 3.05) is 17.8 Å². The molecule has 1 N–H and O–H groups in total. The number of anilines is 1. The van der Waals surface area contributed by atoms with Crippen molar-refractivity contribution in [3.8, 4) is 28.6 Å². The van der Waals surface area contributed by atoms with Crippen molar-refractivity contribution in [2.45, 2.75) is 38.6 Å². The van der Waals surface area contributed by atoms with Gasteiger partial charge in [-0.3, -0.25) is 9.69 Å². The maximum atomic E-state index is 15.1. The van der Waals surface area contributed by atoms with Crippen molar-refractivity contribution in [3.05, 3.63) is 84.2 Å². The fourth-order valence-electron chi connectivity index (χ4n) is 4.63. The maximum Gasteiger partial charge on any atom is 0.573 e. The Balaban J connectivity index is 1.24. The molecule has 1 aliphatic heterocycles. The van der Waals surface area contributed by atoms with E-state index in [2.05, 4.69) is 19.8 Å². The van der Waals surface area contributed by atoms with Gasteiger partial charge in [0.25, 0.3) is 0 Å². The molecular formula is C31H27F5N6O4S. The SMILES string of the molecule is COc1ccc(C(C)C)c(N2C(=O)CS/C2=N\C(=O)NC(F)C(F)c2ccc(-c3ncn(-c4ccc(OC(F)(F)F)cc4)n3)cc2)c1. The van der Waals surface area contributed by atoms with Gasteiger partial charge in [-0.2, -0.15) is 4.99 Å². The highest BCUT2D eigenvalue weighted by Gasteiger charge is 2.34. The van der Waals surface area contributed by atoms with Crippen LogP contribution >= 0.6 is 11.8 Å². The lowest BCUT2D eigenvalue weighted by Gasteiger charge is -2.22. The molecule has 0 radical (unpaired) electrons. The number of aliphatic imine (C=N–C) groups is 1. The highest BCUT2D eigenvalue weighted by molar-refractivity contribution is 8.15. The number of amidine groups is 1. The van der Waals surface area contributed by atoms with Crippen molar-refractivity contribution in [3.63, 3.8) is 0 Å². The zero-order chi connectivity index (χ0) is 33.9. The normalized spacial score (nSPS) is 15.6. The lowest BCUT2D eigenvalue weighted by Crippen LogP contribution is -2.35. The molecule has 2 unspecified atom stereocenters. The van der Waals surface area contributed by atoms with E-state index in [1.54, 1.807) is 12.1 Å². The third-order valence-corrected chi connectivity index (χ3v) is 7.82. The van der Waals surface area contributed by atoms with Crippen LogP contribution in [0.1, 0.15) is 37.1 Å². The highest BCUT2D eigenvalue weighted by Crippen LogP contribution is 2.36. The standard InChI is InChI=1S/C31H27F5N6O4S/c1-17(2)23-13-12-22(45-3)14-24(23)42-25(43)15-47-30(42)39-29(44)38-27(33)26(32)18-4-6-19(7-5-18)28-37-16-41(40-28)20-8-10-21(11-9-20)46-31(34,35)36/h4-14,16-17,26-27H,15H2,1-3H3,(H,38,44)/b39-30-. The van der Waals surface area contributed by atoms with Crippen LogP contribution in [0.25, 0.3) is 17.1 Å². The van der Waals surface area contributed by atoms with E-state index in [1.165, 1.54) is 59.4 Å². The van der Waals surface area contributed by atoms with E-state index in [9.17, 15) is 27.2 Å². The molecule has 246 valence electrons. The number of rotatable bonds is 9. The van der Waals surface area contributed by atoms with Crippen LogP contribution in [-0.2, 0) is 4.79 Å². The Bertz CT molecular complexity index is 1780. The van der Waals surface area contributed by atoms with Gasteiger partial charge in [-0.15, -0.1) is 18.3 Å². The molecule has 4 aromatic rings. The number of methoxy groups -OCH3 is 1. The summed E-state index contributed by atoms with van der Waals surface area (Å²) in [6, 6.07) is 14.5. The zero-order valence-electron chi connectivity index (χ0n) is 25.0. The van der Waals surface area contributed by atoms with E-state index in [0.717, 1.165) is 29.5 Å². The number of carbonyl (C=O) groups is 2. The van der Waals surface area contributed by atoms with Crippen molar-refractivity contribution < 1.29 is 41.0 Å². The molecule has 1 saturated heterocycles. The quantitative estimate of drug-likeness (QED) is 0.149. The lowest BCUT2D eigenvalue weighted by atomic mass is 10.00. The predicted molar refractivity (Wildman–Crippen MR) is 165 cm³/mol. The molecule has 2 heterocycles. The Morgan fingerprint density at radius 1 is 1.02 bits per heavy atom. The van der Waals surface area contributed by atoms with E-state index >= 15 is 4.39 Å². The number of benzene rings is 3. The summed E-state index contributed by atoms with van der Waals surface area (Å²) in [5, 5.41) is 6.19. The topological polar surface area (TPSA) is 111 Å².